The van der Waals surface area contributed by atoms with E-state index in [2.05, 4.69) is 10.3 Å². The Morgan fingerprint density at radius 2 is 2.04 bits per heavy atom. The molecule has 6 nitrogen and oxygen atoms in total. The first-order chi connectivity index (χ1) is 11.4. The number of carbonyl (C=O) groups excluding carboxylic acids is 1. The van der Waals surface area contributed by atoms with Crippen molar-refractivity contribution in [3.63, 3.8) is 0 Å². The van der Waals surface area contributed by atoms with E-state index in [9.17, 15) is 9.59 Å². The first-order valence-corrected chi connectivity index (χ1v) is 8.33. The third kappa shape index (κ3) is 3.91. The lowest BCUT2D eigenvalue weighted by atomic mass is 9.83. The van der Waals surface area contributed by atoms with Crippen LogP contribution in [0.3, 0.4) is 0 Å². The van der Waals surface area contributed by atoms with Crippen LogP contribution >= 0.6 is 11.3 Å². The van der Waals surface area contributed by atoms with Gasteiger partial charge in [-0.2, -0.15) is 0 Å². The predicted molar refractivity (Wildman–Crippen MR) is 91.8 cm³/mol. The summed E-state index contributed by atoms with van der Waals surface area (Å²) in [5.74, 6) is -0.496. The van der Waals surface area contributed by atoms with Crippen molar-refractivity contribution in [2.45, 2.75) is 25.7 Å². The summed E-state index contributed by atoms with van der Waals surface area (Å²) in [6.45, 7) is 4.07. The van der Waals surface area contributed by atoms with Crippen molar-refractivity contribution in [3.8, 4) is 5.75 Å². The molecule has 1 heterocycles. The Hall–Kier alpha value is -2.41. The van der Waals surface area contributed by atoms with Gasteiger partial charge in [0.25, 0.3) is 0 Å². The molecule has 2 aromatic rings. The topological polar surface area (TPSA) is 88.5 Å². The molecule has 1 aromatic heterocycles. The van der Waals surface area contributed by atoms with Gasteiger partial charge in [-0.3, -0.25) is 4.79 Å². The number of ether oxygens (including phenoxy) is 1. The van der Waals surface area contributed by atoms with Crippen LogP contribution < -0.4 is 10.1 Å². The monoisotopic (exact) mass is 348 g/mol. The molecular weight excluding hydrogens is 328 g/mol. The average Bonchev–Trinajstić information content (AvgIpc) is 3.03. The lowest BCUT2D eigenvalue weighted by molar-refractivity contribution is -0.125. The van der Waals surface area contributed by atoms with Crippen molar-refractivity contribution in [2.75, 3.05) is 13.7 Å². The molecule has 0 fully saturated rings. The molecule has 0 spiro atoms. The highest BCUT2D eigenvalue weighted by atomic mass is 32.1. The van der Waals surface area contributed by atoms with Gasteiger partial charge in [-0.05, 0) is 19.9 Å². The molecule has 0 bridgehead atoms. The van der Waals surface area contributed by atoms with Crippen LogP contribution in [0.2, 0.25) is 0 Å². The highest BCUT2D eigenvalue weighted by molar-refractivity contribution is 7.09. The first kappa shape index (κ1) is 17.9. The van der Waals surface area contributed by atoms with Crippen LogP contribution in [0.5, 0.6) is 5.75 Å². The summed E-state index contributed by atoms with van der Waals surface area (Å²) in [6, 6.07) is 7.43. The van der Waals surface area contributed by atoms with Gasteiger partial charge < -0.3 is 15.2 Å². The lowest BCUT2D eigenvalue weighted by Crippen LogP contribution is -2.41. The van der Waals surface area contributed by atoms with Crippen molar-refractivity contribution in [1.29, 1.82) is 0 Å². The highest BCUT2D eigenvalue weighted by Crippen LogP contribution is 2.31. The SMILES string of the molecule is COc1ccccc1C(C)(C)C(=O)NCCc1nc(C(=O)O)cs1. The number of carbonyl (C=O) groups is 2. The first-order valence-electron chi connectivity index (χ1n) is 7.45. The van der Waals surface area contributed by atoms with Gasteiger partial charge in [0.2, 0.25) is 5.91 Å². The minimum atomic E-state index is -1.04. The van der Waals surface area contributed by atoms with E-state index in [1.54, 1.807) is 7.11 Å². The van der Waals surface area contributed by atoms with Gasteiger partial charge in [0.05, 0.1) is 17.5 Å². The number of thiazole rings is 1. The summed E-state index contributed by atoms with van der Waals surface area (Å²) in [6.07, 6.45) is 0.492. The second kappa shape index (κ2) is 7.44. The zero-order valence-corrected chi connectivity index (χ0v) is 14.6. The minimum Gasteiger partial charge on any atom is -0.496 e. The minimum absolute atomic E-state index is 0.0377. The van der Waals surface area contributed by atoms with E-state index in [0.29, 0.717) is 23.7 Å². The number of methoxy groups -OCH3 is 1. The Labute approximate surface area is 144 Å². The number of para-hydroxylation sites is 1. The third-order valence-corrected chi connectivity index (χ3v) is 4.65. The van der Waals surface area contributed by atoms with Crippen LogP contribution in [0, 0.1) is 0 Å². The molecule has 0 atom stereocenters. The summed E-state index contributed by atoms with van der Waals surface area (Å²) in [4.78, 5) is 27.4. The van der Waals surface area contributed by atoms with E-state index in [-0.39, 0.29) is 11.6 Å². The molecule has 0 unspecified atom stereocenters. The van der Waals surface area contributed by atoms with E-state index < -0.39 is 11.4 Å². The molecule has 128 valence electrons. The van der Waals surface area contributed by atoms with Crippen LogP contribution in [0.15, 0.2) is 29.6 Å². The predicted octanol–water partition coefficient (Wildman–Crippen LogP) is 2.49. The molecule has 1 amide bonds. The Kier molecular flexibility index (Phi) is 5.56. The fourth-order valence-corrected chi connectivity index (χ4v) is 3.08. The van der Waals surface area contributed by atoms with Gasteiger partial charge in [-0.1, -0.05) is 18.2 Å². The van der Waals surface area contributed by atoms with Gasteiger partial charge >= 0.3 is 5.97 Å². The van der Waals surface area contributed by atoms with Crippen molar-refractivity contribution in [2.24, 2.45) is 0 Å². The molecule has 1 aromatic carbocycles. The molecule has 0 saturated carbocycles. The summed E-state index contributed by atoms with van der Waals surface area (Å²) in [5, 5.41) is 13.9. The van der Waals surface area contributed by atoms with Gasteiger partial charge in [-0.15, -0.1) is 11.3 Å². The molecule has 0 aliphatic carbocycles. The van der Waals surface area contributed by atoms with Crippen LogP contribution in [0.1, 0.15) is 34.9 Å². The zero-order chi connectivity index (χ0) is 17.7. The molecule has 2 rings (SSSR count). The number of aromatic carboxylic acids is 1. The Bertz CT molecular complexity index is 740. The molecule has 24 heavy (non-hydrogen) atoms. The fraction of sp³-hybridized carbons (Fsp3) is 0.353. The molecule has 0 saturated heterocycles. The van der Waals surface area contributed by atoms with Gasteiger partial charge in [-0.25, -0.2) is 9.78 Å². The fourth-order valence-electron chi connectivity index (χ4n) is 2.31. The van der Waals surface area contributed by atoms with Crippen molar-refractivity contribution in [1.82, 2.24) is 10.3 Å². The number of aromatic nitrogens is 1. The molecule has 0 aliphatic rings. The number of hydrogen-bond donors (Lipinski definition) is 2. The van der Waals surface area contributed by atoms with Gasteiger partial charge in [0, 0.05) is 23.9 Å². The maximum atomic E-state index is 12.6. The second-order valence-electron chi connectivity index (χ2n) is 5.76. The quantitative estimate of drug-likeness (QED) is 0.802. The Morgan fingerprint density at radius 3 is 2.67 bits per heavy atom. The van der Waals surface area contributed by atoms with E-state index in [0.717, 1.165) is 5.56 Å². The number of hydrogen-bond acceptors (Lipinski definition) is 5. The van der Waals surface area contributed by atoms with E-state index >= 15 is 0 Å². The second-order valence-corrected chi connectivity index (χ2v) is 6.71. The van der Waals surface area contributed by atoms with Crippen molar-refractivity contribution < 1.29 is 19.4 Å². The number of carboxylic acids is 1. The van der Waals surface area contributed by atoms with Gasteiger partial charge in [0.1, 0.15) is 5.75 Å². The summed E-state index contributed by atoms with van der Waals surface area (Å²) in [7, 11) is 1.58. The summed E-state index contributed by atoms with van der Waals surface area (Å²) < 4.78 is 5.34. The molecule has 0 radical (unpaired) electrons. The van der Waals surface area contributed by atoms with E-state index in [4.69, 9.17) is 9.84 Å². The number of nitrogens with one attached hydrogen (secondary N) is 1. The van der Waals surface area contributed by atoms with Crippen molar-refractivity contribution >= 4 is 23.2 Å². The maximum Gasteiger partial charge on any atom is 0.355 e. The molecular formula is C17H20N2O4S. The van der Waals surface area contributed by atoms with Crippen LogP contribution in [-0.4, -0.2) is 35.6 Å². The number of amides is 1. The number of benzene rings is 1. The van der Waals surface area contributed by atoms with E-state index in [1.165, 1.54) is 16.7 Å². The van der Waals surface area contributed by atoms with Crippen LogP contribution in [0.4, 0.5) is 0 Å². The lowest BCUT2D eigenvalue weighted by Gasteiger charge is -2.26. The van der Waals surface area contributed by atoms with Crippen LogP contribution in [-0.2, 0) is 16.6 Å². The average molecular weight is 348 g/mol. The standard InChI is InChI=1S/C17H20N2O4S/c1-17(2,11-6-4-5-7-13(11)23-3)16(22)18-9-8-14-19-12(10-24-14)15(20)21/h4-7,10H,8-9H2,1-3H3,(H,18,22)(H,20,21). The number of nitrogens with zero attached hydrogens (tertiary/aromatic N) is 1. The largest absolute Gasteiger partial charge is 0.496 e. The van der Waals surface area contributed by atoms with E-state index in [1.807, 2.05) is 38.1 Å². The Morgan fingerprint density at radius 1 is 1.33 bits per heavy atom. The zero-order valence-electron chi connectivity index (χ0n) is 13.8. The summed E-state index contributed by atoms with van der Waals surface area (Å²) >= 11 is 1.28. The molecule has 0 aliphatic heterocycles. The maximum absolute atomic E-state index is 12.6. The highest BCUT2D eigenvalue weighted by Gasteiger charge is 2.32. The summed E-state index contributed by atoms with van der Waals surface area (Å²) in [5.41, 5.74) is 0.102. The van der Waals surface area contributed by atoms with Gasteiger partial charge in [0.15, 0.2) is 5.69 Å². The Balaban J connectivity index is 1.99. The van der Waals surface area contributed by atoms with Crippen molar-refractivity contribution in [3.05, 3.63) is 45.9 Å². The third-order valence-electron chi connectivity index (χ3n) is 3.74. The molecule has 2 N–H and O–H groups in total. The normalized spacial score (nSPS) is 11.1. The number of carboxylic acid groups (broad SMARTS) is 1. The number of rotatable bonds is 7. The van der Waals surface area contributed by atoms with Crippen LogP contribution in [0.25, 0.3) is 0 Å². The smallest absolute Gasteiger partial charge is 0.355 e. The molecule has 7 heteroatoms.